The van der Waals surface area contributed by atoms with E-state index < -0.39 is 0 Å². The smallest absolute Gasteiger partial charge is 0.183 e. The van der Waals surface area contributed by atoms with E-state index in [1.54, 1.807) is 23.8 Å². The van der Waals surface area contributed by atoms with E-state index in [2.05, 4.69) is 22.4 Å². The second-order valence-corrected chi connectivity index (χ2v) is 4.74. The molecule has 1 aromatic carbocycles. The van der Waals surface area contributed by atoms with Crippen LogP contribution in [0.5, 0.6) is 0 Å². The van der Waals surface area contributed by atoms with Crippen molar-refractivity contribution in [3.05, 3.63) is 71.6 Å². The van der Waals surface area contributed by atoms with Crippen molar-refractivity contribution in [1.82, 2.24) is 4.98 Å². The van der Waals surface area contributed by atoms with Crippen molar-refractivity contribution in [2.75, 3.05) is 5.32 Å². The molecule has 0 saturated carbocycles. The van der Waals surface area contributed by atoms with Crippen molar-refractivity contribution < 1.29 is 4.42 Å². The number of thiazole rings is 1. The van der Waals surface area contributed by atoms with Gasteiger partial charge in [-0.15, -0.1) is 11.3 Å². The van der Waals surface area contributed by atoms with Crippen LogP contribution < -0.4 is 5.32 Å². The van der Waals surface area contributed by atoms with Crippen molar-refractivity contribution in [2.45, 2.75) is 6.04 Å². The molecule has 0 saturated heterocycles. The molecule has 3 aromatic rings. The first-order chi connectivity index (χ1) is 8.93. The Balaban J connectivity index is 1.94. The van der Waals surface area contributed by atoms with E-state index in [0.717, 1.165) is 16.5 Å². The van der Waals surface area contributed by atoms with Crippen LogP contribution in [-0.4, -0.2) is 4.98 Å². The largest absolute Gasteiger partial charge is 0.467 e. The molecule has 0 spiro atoms. The Kier molecular flexibility index (Phi) is 3.10. The summed E-state index contributed by atoms with van der Waals surface area (Å²) in [4.78, 5) is 4.26. The summed E-state index contributed by atoms with van der Waals surface area (Å²) in [5, 5.41) is 6.23. The van der Waals surface area contributed by atoms with Crippen LogP contribution in [0, 0.1) is 0 Å². The molecule has 18 heavy (non-hydrogen) atoms. The fourth-order valence-corrected chi connectivity index (χ4v) is 2.40. The van der Waals surface area contributed by atoms with Crippen LogP contribution in [0.2, 0.25) is 0 Å². The highest BCUT2D eigenvalue weighted by atomic mass is 32.1. The van der Waals surface area contributed by atoms with Gasteiger partial charge >= 0.3 is 0 Å². The van der Waals surface area contributed by atoms with Crippen molar-refractivity contribution in [3.8, 4) is 0 Å². The topological polar surface area (TPSA) is 38.1 Å². The number of furan rings is 1. The maximum Gasteiger partial charge on any atom is 0.183 e. The Morgan fingerprint density at radius 1 is 1.11 bits per heavy atom. The summed E-state index contributed by atoms with van der Waals surface area (Å²) >= 11 is 1.58. The molecule has 4 heteroatoms. The van der Waals surface area contributed by atoms with Gasteiger partial charge in [-0.1, -0.05) is 30.3 Å². The number of rotatable bonds is 4. The molecule has 0 fully saturated rings. The van der Waals surface area contributed by atoms with Crippen LogP contribution in [0.1, 0.15) is 17.4 Å². The lowest BCUT2D eigenvalue weighted by atomic mass is 10.1. The summed E-state index contributed by atoms with van der Waals surface area (Å²) in [6.07, 6.45) is 3.48. The SMILES string of the molecule is c1ccc(C(Nc2nccs2)c2ccco2)cc1. The van der Waals surface area contributed by atoms with E-state index >= 15 is 0 Å². The third-order valence-electron chi connectivity index (χ3n) is 2.66. The number of benzene rings is 1. The highest BCUT2D eigenvalue weighted by Crippen LogP contribution is 2.27. The third-order valence-corrected chi connectivity index (χ3v) is 3.37. The first kappa shape index (κ1) is 11.0. The maximum absolute atomic E-state index is 5.51. The van der Waals surface area contributed by atoms with Gasteiger partial charge in [0.05, 0.1) is 6.26 Å². The molecular formula is C14H12N2OS. The van der Waals surface area contributed by atoms with Gasteiger partial charge in [-0.25, -0.2) is 4.98 Å². The molecule has 1 unspecified atom stereocenters. The average molecular weight is 256 g/mol. The fourth-order valence-electron chi connectivity index (χ4n) is 1.84. The summed E-state index contributed by atoms with van der Waals surface area (Å²) in [6.45, 7) is 0. The van der Waals surface area contributed by atoms with Gasteiger partial charge in [-0.2, -0.15) is 0 Å². The van der Waals surface area contributed by atoms with Gasteiger partial charge in [0.15, 0.2) is 5.13 Å². The standard InChI is InChI=1S/C14H12N2OS/c1-2-5-11(6-3-1)13(12-7-4-9-17-12)16-14-15-8-10-18-14/h1-10,13H,(H,15,16). The molecular weight excluding hydrogens is 244 g/mol. The first-order valence-corrected chi connectivity index (χ1v) is 6.56. The molecule has 1 atom stereocenters. The number of anilines is 1. The normalized spacial score (nSPS) is 12.2. The highest BCUT2D eigenvalue weighted by Gasteiger charge is 2.17. The fraction of sp³-hybridized carbons (Fsp3) is 0.0714. The Morgan fingerprint density at radius 3 is 2.67 bits per heavy atom. The molecule has 90 valence electrons. The van der Waals surface area contributed by atoms with Crippen LogP contribution in [0.15, 0.2) is 64.7 Å². The van der Waals surface area contributed by atoms with Gasteiger partial charge in [-0.05, 0) is 17.7 Å². The molecule has 0 radical (unpaired) electrons. The van der Waals surface area contributed by atoms with Gasteiger partial charge in [0.25, 0.3) is 0 Å². The van der Waals surface area contributed by atoms with E-state index in [9.17, 15) is 0 Å². The maximum atomic E-state index is 5.51. The Labute approximate surface area is 109 Å². The van der Waals surface area contributed by atoms with E-state index in [0.29, 0.717) is 0 Å². The minimum atomic E-state index is -0.00708. The van der Waals surface area contributed by atoms with Crippen molar-refractivity contribution in [3.63, 3.8) is 0 Å². The predicted molar refractivity (Wildman–Crippen MR) is 72.7 cm³/mol. The molecule has 0 aliphatic heterocycles. The Hall–Kier alpha value is -2.07. The van der Waals surface area contributed by atoms with Crippen LogP contribution in [0.25, 0.3) is 0 Å². The van der Waals surface area contributed by atoms with E-state index in [1.165, 1.54) is 0 Å². The summed E-state index contributed by atoms with van der Waals surface area (Å²) < 4.78 is 5.51. The average Bonchev–Trinajstić information content (AvgIpc) is 3.10. The monoisotopic (exact) mass is 256 g/mol. The molecule has 3 nitrogen and oxygen atoms in total. The molecule has 1 N–H and O–H groups in total. The van der Waals surface area contributed by atoms with Gasteiger partial charge in [0, 0.05) is 11.6 Å². The number of hydrogen-bond acceptors (Lipinski definition) is 4. The van der Waals surface area contributed by atoms with Gasteiger partial charge in [0.2, 0.25) is 0 Å². The van der Waals surface area contributed by atoms with Crippen molar-refractivity contribution in [2.24, 2.45) is 0 Å². The number of nitrogens with one attached hydrogen (secondary N) is 1. The molecule has 3 rings (SSSR count). The van der Waals surface area contributed by atoms with Crippen LogP contribution in [0.4, 0.5) is 5.13 Å². The minimum absolute atomic E-state index is 0.00708. The van der Waals surface area contributed by atoms with E-state index in [-0.39, 0.29) is 6.04 Å². The van der Waals surface area contributed by atoms with Gasteiger partial charge in [0.1, 0.15) is 11.8 Å². The third kappa shape index (κ3) is 2.28. The Morgan fingerprint density at radius 2 is 2.00 bits per heavy atom. The second-order valence-electron chi connectivity index (χ2n) is 3.84. The van der Waals surface area contributed by atoms with E-state index in [4.69, 9.17) is 4.42 Å². The predicted octanol–water partition coefficient (Wildman–Crippen LogP) is 3.94. The van der Waals surface area contributed by atoms with Crippen molar-refractivity contribution >= 4 is 16.5 Å². The number of nitrogens with zero attached hydrogens (tertiary/aromatic N) is 1. The minimum Gasteiger partial charge on any atom is -0.467 e. The summed E-state index contributed by atoms with van der Waals surface area (Å²) in [7, 11) is 0. The lowest BCUT2D eigenvalue weighted by molar-refractivity contribution is 0.499. The van der Waals surface area contributed by atoms with Crippen LogP contribution >= 0.6 is 11.3 Å². The molecule has 2 heterocycles. The summed E-state index contributed by atoms with van der Waals surface area (Å²) in [5.41, 5.74) is 1.16. The van der Waals surface area contributed by atoms with Crippen LogP contribution in [-0.2, 0) is 0 Å². The van der Waals surface area contributed by atoms with Crippen molar-refractivity contribution in [1.29, 1.82) is 0 Å². The molecule has 0 amide bonds. The van der Waals surface area contributed by atoms with Gasteiger partial charge in [-0.3, -0.25) is 0 Å². The zero-order valence-electron chi connectivity index (χ0n) is 9.61. The molecule has 0 bridgehead atoms. The zero-order chi connectivity index (χ0) is 12.2. The van der Waals surface area contributed by atoms with Crippen LogP contribution in [0.3, 0.4) is 0 Å². The lowest BCUT2D eigenvalue weighted by Gasteiger charge is -2.16. The molecule has 2 aromatic heterocycles. The second kappa shape index (κ2) is 5.06. The van der Waals surface area contributed by atoms with E-state index in [1.807, 2.05) is 35.7 Å². The molecule has 0 aliphatic carbocycles. The number of hydrogen-bond donors (Lipinski definition) is 1. The Bertz CT molecular complexity index is 576. The quantitative estimate of drug-likeness (QED) is 0.768. The first-order valence-electron chi connectivity index (χ1n) is 5.68. The number of aromatic nitrogens is 1. The summed E-state index contributed by atoms with van der Waals surface area (Å²) in [6, 6.07) is 14.1. The lowest BCUT2D eigenvalue weighted by Crippen LogP contribution is -2.11. The molecule has 0 aliphatic rings. The highest BCUT2D eigenvalue weighted by molar-refractivity contribution is 7.13. The van der Waals surface area contributed by atoms with Gasteiger partial charge < -0.3 is 9.73 Å². The zero-order valence-corrected chi connectivity index (χ0v) is 10.4. The summed E-state index contributed by atoms with van der Waals surface area (Å²) in [5.74, 6) is 0.886.